The highest BCUT2D eigenvalue weighted by molar-refractivity contribution is 5.75. The summed E-state index contributed by atoms with van der Waals surface area (Å²) in [4.78, 5) is 25.0. The fourth-order valence-corrected chi connectivity index (χ4v) is 3.21. The Balaban J connectivity index is 2.08. The van der Waals surface area contributed by atoms with Crippen LogP contribution in [0, 0.1) is 11.8 Å². The minimum absolute atomic E-state index is 0.273. The van der Waals surface area contributed by atoms with Gasteiger partial charge < -0.3 is 9.53 Å². The number of carbonyl (C=O) groups is 2. The summed E-state index contributed by atoms with van der Waals surface area (Å²) >= 11 is 0. The predicted molar refractivity (Wildman–Crippen MR) is 68.2 cm³/mol. The van der Waals surface area contributed by atoms with Crippen LogP contribution in [0.15, 0.2) is 0 Å². The highest BCUT2D eigenvalue weighted by atomic mass is 16.6. The molecule has 1 amide bonds. The van der Waals surface area contributed by atoms with Gasteiger partial charge >= 0.3 is 6.09 Å². The fourth-order valence-electron chi connectivity index (χ4n) is 3.21. The van der Waals surface area contributed by atoms with Crippen molar-refractivity contribution in [2.45, 2.75) is 58.1 Å². The Bertz CT molecular complexity index is 334. The minimum Gasteiger partial charge on any atom is -0.444 e. The average Bonchev–Trinajstić information content (AvgIpc) is 2.65. The lowest BCUT2D eigenvalue weighted by Crippen LogP contribution is -2.42. The van der Waals surface area contributed by atoms with Crippen LogP contribution in [0.3, 0.4) is 0 Å². The predicted octanol–water partition coefficient (Wildman–Crippen LogP) is 2.61. The molecule has 2 rings (SSSR count). The molecule has 0 spiro atoms. The van der Waals surface area contributed by atoms with Gasteiger partial charge in [0.15, 0.2) is 0 Å². The number of amides is 1. The zero-order valence-corrected chi connectivity index (χ0v) is 11.5. The molecule has 0 aromatic heterocycles. The van der Waals surface area contributed by atoms with E-state index in [4.69, 9.17) is 4.74 Å². The van der Waals surface area contributed by atoms with Gasteiger partial charge in [-0.05, 0) is 45.4 Å². The largest absolute Gasteiger partial charge is 0.444 e. The van der Waals surface area contributed by atoms with Crippen LogP contribution in [-0.4, -0.2) is 35.5 Å². The van der Waals surface area contributed by atoms with Crippen molar-refractivity contribution in [2.75, 3.05) is 6.54 Å². The summed E-state index contributed by atoms with van der Waals surface area (Å²) in [6, 6.07) is -0.273. The first-order valence-corrected chi connectivity index (χ1v) is 6.87. The van der Waals surface area contributed by atoms with Gasteiger partial charge in [0.25, 0.3) is 0 Å². The standard InChI is InChI=1S/C14H23NO3/c1-14(2,3)18-13(17)15-8-10-6-4-5-7-11(10)12(15)9-16/h9-12H,4-8H2,1-3H3. The summed E-state index contributed by atoms with van der Waals surface area (Å²) < 4.78 is 5.39. The number of rotatable bonds is 1. The molecule has 1 aliphatic heterocycles. The molecule has 2 aliphatic rings. The second-order valence-electron chi connectivity index (χ2n) is 6.47. The van der Waals surface area contributed by atoms with E-state index < -0.39 is 5.60 Å². The number of fused-ring (bicyclic) bond motifs is 1. The van der Waals surface area contributed by atoms with E-state index in [-0.39, 0.29) is 12.1 Å². The van der Waals surface area contributed by atoms with Gasteiger partial charge in [-0.1, -0.05) is 12.8 Å². The molecule has 4 nitrogen and oxygen atoms in total. The van der Waals surface area contributed by atoms with Gasteiger partial charge in [-0.2, -0.15) is 0 Å². The van der Waals surface area contributed by atoms with Crippen molar-refractivity contribution in [2.24, 2.45) is 11.8 Å². The minimum atomic E-state index is -0.502. The molecule has 4 heteroatoms. The van der Waals surface area contributed by atoms with E-state index in [1.807, 2.05) is 20.8 Å². The summed E-state index contributed by atoms with van der Waals surface area (Å²) in [6.45, 7) is 6.24. The van der Waals surface area contributed by atoms with E-state index in [1.165, 1.54) is 12.8 Å². The molecule has 0 bridgehead atoms. The average molecular weight is 253 g/mol. The Hall–Kier alpha value is -1.06. The molecule has 1 heterocycles. The molecule has 0 aromatic carbocycles. The topological polar surface area (TPSA) is 46.6 Å². The van der Waals surface area contributed by atoms with Crippen LogP contribution in [0.1, 0.15) is 46.5 Å². The van der Waals surface area contributed by atoms with Crippen LogP contribution in [0.5, 0.6) is 0 Å². The molecule has 3 unspecified atom stereocenters. The summed E-state index contributed by atoms with van der Waals surface area (Å²) in [7, 11) is 0. The van der Waals surface area contributed by atoms with Crippen LogP contribution in [0.2, 0.25) is 0 Å². The van der Waals surface area contributed by atoms with Gasteiger partial charge in [0.2, 0.25) is 0 Å². The smallest absolute Gasteiger partial charge is 0.410 e. The molecule has 0 aromatic rings. The Morgan fingerprint density at radius 3 is 2.56 bits per heavy atom. The van der Waals surface area contributed by atoms with E-state index in [2.05, 4.69) is 0 Å². The maximum Gasteiger partial charge on any atom is 0.410 e. The Kier molecular flexibility index (Phi) is 3.64. The van der Waals surface area contributed by atoms with Crippen molar-refractivity contribution in [1.29, 1.82) is 0 Å². The molecule has 1 saturated heterocycles. The van der Waals surface area contributed by atoms with Gasteiger partial charge in [0, 0.05) is 6.54 Å². The van der Waals surface area contributed by atoms with E-state index in [0.717, 1.165) is 19.1 Å². The summed E-state index contributed by atoms with van der Waals surface area (Å²) in [5, 5.41) is 0. The zero-order valence-electron chi connectivity index (χ0n) is 11.5. The monoisotopic (exact) mass is 253 g/mol. The first kappa shape index (κ1) is 13.4. The van der Waals surface area contributed by atoms with Gasteiger partial charge in [0.05, 0.1) is 6.04 Å². The van der Waals surface area contributed by atoms with E-state index in [1.54, 1.807) is 4.90 Å². The van der Waals surface area contributed by atoms with Gasteiger partial charge in [0.1, 0.15) is 11.9 Å². The van der Waals surface area contributed by atoms with Crippen molar-refractivity contribution < 1.29 is 14.3 Å². The Morgan fingerprint density at radius 2 is 1.94 bits per heavy atom. The molecular formula is C14H23NO3. The molecule has 1 saturated carbocycles. The third kappa shape index (κ3) is 2.68. The van der Waals surface area contributed by atoms with Crippen molar-refractivity contribution >= 4 is 12.4 Å². The molecule has 102 valence electrons. The number of hydrogen-bond donors (Lipinski definition) is 0. The van der Waals surface area contributed by atoms with Crippen LogP contribution in [0.25, 0.3) is 0 Å². The maximum absolute atomic E-state index is 12.1. The number of ether oxygens (including phenoxy) is 1. The molecule has 3 atom stereocenters. The van der Waals surface area contributed by atoms with E-state index in [0.29, 0.717) is 18.4 Å². The second-order valence-corrected chi connectivity index (χ2v) is 6.47. The number of carbonyl (C=O) groups excluding carboxylic acids is 2. The number of likely N-dealkylation sites (tertiary alicyclic amines) is 1. The van der Waals surface area contributed by atoms with Crippen molar-refractivity contribution in [1.82, 2.24) is 4.90 Å². The Morgan fingerprint density at radius 1 is 1.28 bits per heavy atom. The van der Waals surface area contributed by atoms with Crippen LogP contribution in [-0.2, 0) is 9.53 Å². The molecule has 18 heavy (non-hydrogen) atoms. The van der Waals surface area contributed by atoms with E-state index >= 15 is 0 Å². The van der Waals surface area contributed by atoms with E-state index in [9.17, 15) is 9.59 Å². The maximum atomic E-state index is 12.1. The van der Waals surface area contributed by atoms with Gasteiger partial charge in [-0.15, -0.1) is 0 Å². The zero-order chi connectivity index (χ0) is 13.3. The number of hydrogen-bond acceptors (Lipinski definition) is 3. The SMILES string of the molecule is CC(C)(C)OC(=O)N1CC2CCCCC2C1C=O. The van der Waals surface area contributed by atoms with Crippen molar-refractivity contribution in [3.05, 3.63) is 0 Å². The quantitative estimate of drug-likeness (QED) is 0.675. The molecule has 2 fully saturated rings. The molecule has 0 N–H and O–H groups in total. The fraction of sp³-hybridized carbons (Fsp3) is 0.857. The molecule has 0 radical (unpaired) electrons. The molecular weight excluding hydrogens is 230 g/mol. The summed E-state index contributed by atoms with van der Waals surface area (Å²) in [5.74, 6) is 0.838. The number of nitrogens with zero attached hydrogens (tertiary/aromatic N) is 1. The summed E-state index contributed by atoms with van der Waals surface area (Å²) in [5.41, 5.74) is -0.502. The highest BCUT2D eigenvalue weighted by Gasteiger charge is 2.45. The molecule has 1 aliphatic carbocycles. The third-order valence-electron chi connectivity index (χ3n) is 3.97. The lowest BCUT2D eigenvalue weighted by molar-refractivity contribution is -0.112. The number of aldehydes is 1. The van der Waals surface area contributed by atoms with Crippen LogP contribution >= 0.6 is 0 Å². The van der Waals surface area contributed by atoms with Crippen molar-refractivity contribution in [3.8, 4) is 0 Å². The Labute approximate surface area is 109 Å². The second kappa shape index (κ2) is 4.90. The third-order valence-corrected chi connectivity index (χ3v) is 3.97. The van der Waals surface area contributed by atoms with Crippen LogP contribution in [0.4, 0.5) is 4.79 Å². The first-order chi connectivity index (χ1) is 8.42. The normalized spacial score (nSPS) is 31.9. The highest BCUT2D eigenvalue weighted by Crippen LogP contribution is 2.40. The van der Waals surface area contributed by atoms with Gasteiger partial charge in [-0.25, -0.2) is 4.79 Å². The first-order valence-electron chi connectivity index (χ1n) is 6.87. The van der Waals surface area contributed by atoms with Crippen LogP contribution < -0.4 is 0 Å². The van der Waals surface area contributed by atoms with Gasteiger partial charge in [-0.3, -0.25) is 4.90 Å². The summed E-state index contributed by atoms with van der Waals surface area (Å²) in [6.07, 6.45) is 5.18. The lowest BCUT2D eigenvalue weighted by atomic mass is 9.79. The van der Waals surface area contributed by atoms with Crippen molar-refractivity contribution in [3.63, 3.8) is 0 Å². The lowest BCUT2D eigenvalue weighted by Gasteiger charge is -2.28.